The van der Waals surface area contributed by atoms with Crippen molar-refractivity contribution in [2.75, 3.05) is 31.6 Å². The number of nitrogens with two attached hydrogens (primary N) is 1. The maximum Gasteiger partial charge on any atom is 0.240 e. The maximum absolute atomic E-state index is 12.4. The summed E-state index contributed by atoms with van der Waals surface area (Å²) >= 11 is 0. The third-order valence-electron chi connectivity index (χ3n) is 4.23. The summed E-state index contributed by atoms with van der Waals surface area (Å²) in [6, 6.07) is 10.1. The van der Waals surface area contributed by atoms with Gasteiger partial charge in [-0.3, -0.25) is 9.69 Å². The second kappa shape index (κ2) is 6.86. The molecule has 1 heterocycles. The molecule has 0 spiro atoms. The van der Waals surface area contributed by atoms with Crippen molar-refractivity contribution in [2.45, 2.75) is 25.8 Å². The summed E-state index contributed by atoms with van der Waals surface area (Å²) in [7, 11) is 1.84. The van der Waals surface area contributed by atoms with E-state index in [2.05, 4.69) is 11.8 Å². The lowest BCUT2D eigenvalue weighted by molar-refractivity contribution is -0.120. The Bertz CT molecular complexity index is 435. The van der Waals surface area contributed by atoms with Crippen molar-refractivity contribution in [3.05, 3.63) is 30.3 Å². The molecule has 1 amide bonds. The molecule has 0 aromatic heterocycles. The minimum Gasteiger partial charge on any atom is -0.329 e. The average molecular weight is 275 g/mol. The molecule has 2 N–H and O–H groups in total. The lowest BCUT2D eigenvalue weighted by atomic mass is 9.92. The lowest BCUT2D eigenvalue weighted by Crippen LogP contribution is -2.50. The molecule has 0 radical (unpaired) electrons. The van der Waals surface area contributed by atoms with E-state index in [0.29, 0.717) is 25.0 Å². The van der Waals surface area contributed by atoms with Crippen LogP contribution in [0.4, 0.5) is 5.69 Å². The summed E-state index contributed by atoms with van der Waals surface area (Å²) < 4.78 is 0. The highest BCUT2D eigenvalue weighted by atomic mass is 16.2. The third-order valence-corrected chi connectivity index (χ3v) is 4.23. The molecule has 4 heteroatoms. The Morgan fingerprint density at radius 1 is 1.40 bits per heavy atom. The molecule has 0 saturated carbocycles. The highest BCUT2D eigenvalue weighted by molar-refractivity contribution is 5.94. The fourth-order valence-corrected chi connectivity index (χ4v) is 2.83. The highest BCUT2D eigenvalue weighted by Gasteiger charge is 2.27. The summed E-state index contributed by atoms with van der Waals surface area (Å²) in [4.78, 5) is 16.4. The number of likely N-dealkylation sites (tertiary alicyclic amines) is 1. The van der Waals surface area contributed by atoms with Crippen molar-refractivity contribution in [2.24, 2.45) is 11.7 Å². The number of carbonyl (C=O) groups is 1. The third kappa shape index (κ3) is 3.58. The fraction of sp³-hybridized carbons (Fsp3) is 0.562. The zero-order chi connectivity index (χ0) is 14.5. The Labute approximate surface area is 121 Å². The van der Waals surface area contributed by atoms with E-state index in [-0.39, 0.29) is 5.91 Å². The minimum absolute atomic E-state index is 0.129. The largest absolute Gasteiger partial charge is 0.329 e. The van der Waals surface area contributed by atoms with Gasteiger partial charge < -0.3 is 10.6 Å². The van der Waals surface area contributed by atoms with Gasteiger partial charge in [-0.2, -0.15) is 0 Å². The highest BCUT2D eigenvalue weighted by Crippen LogP contribution is 2.22. The van der Waals surface area contributed by atoms with Crippen LogP contribution in [0, 0.1) is 5.92 Å². The van der Waals surface area contributed by atoms with Gasteiger partial charge in [-0.1, -0.05) is 25.1 Å². The van der Waals surface area contributed by atoms with Crippen molar-refractivity contribution in [3.8, 4) is 0 Å². The molecular formula is C16H25N3O. The van der Waals surface area contributed by atoms with Crippen molar-refractivity contribution < 1.29 is 4.79 Å². The van der Waals surface area contributed by atoms with Gasteiger partial charge in [0.15, 0.2) is 0 Å². The number of piperidine rings is 1. The van der Waals surface area contributed by atoms with Crippen LogP contribution in [0.25, 0.3) is 0 Å². The van der Waals surface area contributed by atoms with Crippen LogP contribution in [0.15, 0.2) is 30.3 Å². The Morgan fingerprint density at radius 2 is 2.10 bits per heavy atom. The summed E-state index contributed by atoms with van der Waals surface area (Å²) in [6.07, 6.45) is 2.25. The topological polar surface area (TPSA) is 49.6 Å². The molecule has 4 nitrogen and oxygen atoms in total. The van der Waals surface area contributed by atoms with E-state index in [0.717, 1.165) is 25.1 Å². The van der Waals surface area contributed by atoms with Gasteiger partial charge in [0, 0.05) is 25.3 Å². The Balaban J connectivity index is 1.97. The molecule has 1 aliphatic rings. The number of nitrogens with zero attached hydrogens (tertiary/aromatic N) is 2. The van der Waals surface area contributed by atoms with Gasteiger partial charge in [0.1, 0.15) is 0 Å². The number of para-hydroxylation sites is 1. The van der Waals surface area contributed by atoms with E-state index >= 15 is 0 Å². The average Bonchev–Trinajstić information content (AvgIpc) is 2.49. The van der Waals surface area contributed by atoms with Crippen molar-refractivity contribution >= 4 is 11.6 Å². The molecule has 2 atom stereocenters. The molecule has 1 saturated heterocycles. The molecule has 2 unspecified atom stereocenters. The number of hydrogen-bond donors (Lipinski definition) is 1. The molecule has 0 bridgehead atoms. The molecule has 1 aromatic rings. The molecule has 20 heavy (non-hydrogen) atoms. The first kappa shape index (κ1) is 15.0. The van der Waals surface area contributed by atoms with E-state index in [1.807, 2.05) is 37.4 Å². The minimum atomic E-state index is 0.129. The van der Waals surface area contributed by atoms with E-state index in [9.17, 15) is 4.79 Å². The SMILES string of the molecule is CC1CCN(CC(=O)N(C)c2ccccc2)C(CN)C1. The summed E-state index contributed by atoms with van der Waals surface area (Å²) in [5.74, 6) is 0.839. The van der Waals surface area contributed by atoms with Crippen LogP contribution in [0.5, 0.6) is 0 Å². The molecule has 1 aliphatic heterocycles. The quantitative estimate of drug-likeness (QED) is 0.910. The van der Waals surface area contributed by atoms with Gasteiger partial charge >= 0.3 is 0 Å². The van der Waals surface area contributed by atoms with E-state index in [1.165, 1.54) is 0 Å². The van der Waals surface area contributed by atoms with Gasteiger partial charge in [0.25, 0.3) is 0 Å². The van der Waals surface area contributed by atoms with Crippen LogP contribution < -0.4 is 10.6 Å². The van der Waals surface area contributed by atoms with Gasteiger partial charge in [-0.05, 0) is 37.4 Å². The van der Waals surface area contributed by atoms with Gasteiger partial charge in [-0.15, -0.1) is 0 Å². The Hall–Kier alpha value is -1.39. The van der Waals surface area contributed by atoms with E-state index < -0.39 is 0 Å². The first-order valence-corrected chi connectivity index (χ1v) is 7.37. The number of hydrogen-bond acceptors (Lipinski definition) is 3. The monoisotopic (exact) mass is 275 g/mol. The molecule has 110 valence electrons. The summed E-state index contributed by atoms with van der Waals surface area (Å²) in [5.41, 5.74) is 6.79. The summed E-state index contributed by atoms with van der Waals surface area (Å²) in [5, 5.41) is 0. The van der Waals surface area contributed by atoms with Crippen LogP contribution in [0.1, 0.15) is 19.8 Å². The molecule has 1 fully saturated rings. The van der Waals surface area contributed by atoms with Crippen LogP contribution in [0.3, 0.4) is 0 Å². The number of carbonyl (C=O) groups excluding carboxylic acids is 1. The van der Waals surface area contributed by atoms with Crippen LogP contribution >= 0.6 is 0 Å². The number of anilines is 1. The lowest BCUT2D eigenvalue weighted by Gasteiger charge is -2.38. The maximum atomic E-state index is 12.4. The second-order valence-electron chi connectivity index (χ2n) is 5.78. The van der Waals surface area contributed by atoms with Gasteiger partial charge in [-0.25, -0.2) is 0 Å². The molecule has 2 rings (SSSR count). The standard InChI is InChI=1S/C16H25N3O/c1-13-8-9-19(15(10-13)11-17)12-16(20)18(2)14-6-4-3-5-7-14/h3-7,13,15H,8-12,17H2,1-2H3. The van der Waals surface area contributed by atoms with Crippen molar-refractivity contribution in [1.82, 2.24) is 4.90 Å². The van der Waals surface area contributed by atoms with Gasteiger partial charge in [0.2, 0.25) is 5.91 Å². The number of likely N-dealkylation sites (N-methyl/N-ethyl adjacent to an activating group) is 1. The fourth-order valence-electron chi connectivity index (χ4n) is 2.83. The van der Waals surface area contributed by atoms with Gasteiger partial charge in [0.05, 0.1) is 6.54 Å². The smallest absolute Gasteiger partial charge is 0.240 e. The van der Waals surface area contributed by atoms with E-state index in [1.54, 1.807) is 4.90 Å². The molecule has 0 aliphatic carbocycles. The molecular weight excluding hydrogens is 250 g/mol. The first-order valence-electron chi connectivity index (χ1n) is 7.37. The van der Waals surface area contributed by atoms with Crippen molar-refractivity contribution in [3.63, 3.8) is 0 Å². The van der Waals surface area contributed by atoms with E-state index in [4.69, 9.17) is 5.73 Å². The van der Waals surface area contributed by atoms with Crippen LogP contribution in [-0.2, 0) is 4.79 Å². The van der Waals surface area contributed by atoms with Crippen molar-refractivity contribution in [1.29, 1.82) is 0 Å². The summed E-state index contributed by atoms with van der Waals surface area (Å²) in [6.45, 7) is 4.32. The predicted molar refractivity (Wildman–Crippen MR) is 82.7 cm³/mol. The Morgan fingerprint density at radius 3 is 2.75 bits per heavy atom. The predicted octanol–water partition coefficient (Wildman–Crippen LogP) is 1.71. The normalized spacial score (nSPS) is 23.6. The number of benzene rings is 1. The Kier molecular flexibility index (Phi) is 5.15. The zero-order valence-corrected chi connectivity index (χ0v) is 12.5. The number of rotatable bonds is 4. The first-order chi connectivity index (χ1) is 9.61. The zero-order valence-electron chi connectivity index (χ0n) is 12.5. The second-order valence-corrected chi connectivity index (χ2v) is 5.78. The van der Waals surface area contributed by atoms with Crippen LogP contribution in [0.2, 0.25) is 0 Å². The molecule has 1 aromatic carbocycles. The number of amides is 1. The van der Waals surface area contributed by atoms with Crippen LogP contribution in [-0.4, -0.2) is 43.5 Å².